The number of hydrogen-bond acceptors (Lipinski definition) is 5. The second kappa shape index (κ2) is 6.33. The van der Waals surface area contributed by atoms with Gasteiger partial charge in [-0.2, -0.15) is 0 Å². The summed E-state index contributed by atoms with van der Waals surface area (Å²) in [5.74, 6) is -0.445. The van der Waals surface area contributed by atoms with Gasteiger partial charge in [0.2, 0.25) is 0 Å². The summed E-state index contributed by atoms with van der Waals surface area (Å²) in [7, 11) is 0. The minimum Gasteiger partial charge on any atom is -0.445 e. The second-order valence-corrected chi connectivity index (χ2v) is 6.01. The van der Waals surface area contributed by atoms with Crippen molar-refractivity contribution in [2.75, 3.05) is 18.5 Å². The van der Waals surface area contributed by atoms with Crippen LogP contribution >= 0.6 is 0 Å². The molecule has 0 radical (unpaired) electrons. The Morgan fingerprint density at radius 2 is 2.33 bits per heavy atom. The number of halogens is 1. The van der Waals surface area contributed by atoms with E-state index in [1.165, 1.54) is 6.39 Å². The predicted octanol–water partition coefficient (Wildman–Crippen LogP) is 2.56. The first kappa shape index (κ1) is 15.3. The Labute approximate surface area is 138 Å². The van der Waals surface area contributed by atoms with E-state index in [1.807, 2.05) is 6.07 Å². The molecule has 126 valence electrons. The van der Waals surface area contributed by atoms with Gasteiger partial charge < -0.3 is 19.8 Å². The molecular formula is C17H18FN3O3. The van der Waals surface area contributed by atoms with E-state index >= 15 is 0 Å². The molecule has 0 aliphatic carbocycles. The van der Waals surface area contributed by atoms with Crippen LogP contribution in [0.3, 0.4) is 0 Å². The lowest BCUT2D eigenvalue weighted by Gasteiger charge is -2.19. The van der Waals surface area contributed by atoms with Gasteiger partial charge in [0, 0.05) is 13.2 Å². The van der Waals surface area contributed by atoms with Crippen molar-refractivity contribution in [2.24, 2.45) is 0 Å². The molecule has 2 aliphatic rings. The number of aromatic nitrogens is 1. The number of carbonyl (C=O) groups excluding carboxylic acids is 1. The van der Waals surface area contributed by atoms with Crippen molar-refractivity contribution in [3.8, 4) is 0 Å². The number of benzene rings is 1. The molecule has 1 fully saturated rings. The molecule has 1 unspecified atom stereocenters. The number of nitrogens with one attached hydrogen (secondary N) is 2. The molecule has 0 saturated carbocycles. The molecule has 0 bridgehead atoms. The van der Waals surface area contributed by atoms with Crippen LogP contribution < -0.4 is 10.6 Å². The molecule has 1 aromatic heterocycles. The first-order chi connectivity index (χ1) is 11.7. The molecular weight excluding hydrogens is 313 g/mol. The summed E-state index contributed by atoms with van der Waals surface area (Å²) >= 11 is 0. The number of fused-ring (bicyclic) bond motifs is 1. The number of ether oxygens (including phenoxy) is 1. The summed E-state index contributed by atoms with van der Waals surface area (Å²) < 4.78 is 25.5. The second-order valence-electron chi connectivity index (χ2n) is 6.01. The van der Waals surface area contributed by atoms with E-state index in [-0.39, 0.29) is 23.3 Å². The van der Waals surface area contributed by atoms with Gasteiger partial charge in [0.25, 0.3) is 5.91 Å². The van der Waals surface area contributed by atoms with Crippen LogP contribution in [-0.4, -0.2) is 24.0 Å². The number of oxazole rings is 1. The van der Waals surface area contributed by atoms with Crippen LogP contribution in [0.25, 0.3) is 0 Å². The maximum atomic E-state index is 14.6. The van der Waals surface area contributed by atoms with E-state index in [4.69, 9.17) is 9.15 Å². The zero-order valence-electron chi connectivity index (χ0n) is 13.1. The Morgan fingerprint density at radius 1 is 1.42 bits per heavy atom. The van der Waals surface area contributed by atoms with Crippen LogP contribution in [0.15, 0.2) is 22.9 Å². The number of carbonyl (C=O) groups is 1. The van der Waals surface area contributed by atoms with Gasteiger partial charge in [-0.1, -0.05) is 6.07 Å². The topological polar surface area (TPSA) is 76.4 Å². The van der Waals surface area contributed by atoms with Gasteiger partial charge in [0.15, 0.2) is 17.8 Å². The van der Waals surface area contributed by atoms with Crippen molar-refractivity contribution in [3.05, 3.63) is 46.9 Å². The Hall–Kier alpha value is -2.25. The van der Waals surface area contributed by atoms with Gasteiger partial charge in [-0.3, -0.25) is 4.79 Å². The number of anilines is 1. The van der Waals surface area contributed by atoms with E-state index in [0.717, 1.165) is 24.9 Å². The number of amides is 1. The lowest BCUT2D eigenvalue weighted by molar-refractivity contribution is 0.0889. The Balaban J connectivity index is 1.58. The fraction of sp³-hybridized carbons (Fsp3) is 0.412. The highest BCUT2D eigenvalue weighted by Gasteiger charge is 2.28. The average molecular weight is 331 g/mol. The largest absolute Gasteiger partial charge is 0.445 e. The lowest BCUT2D eigenvalue weighted by Crippen LogP contribution is -2.25. The van der Waals surface area contributed by atoms with Crippen LogP contribution in [0, 0.1) is 5.82 Å². The van der Waals surface area contributed by atoms with E-state index in [1.54, 1.807) is 6.07 Å². The first-order valence-corrected chi connectivity index (χ1v) is 8.11. The van der Waals surface area contributed by atoms with Crippen molar-refractivity contribution >= 4 is 11.6 Å². The Morgan fingerprint density at radius 3 is 3.17 bits per heavy atom. The molecule has 2 aliphatic heterocycles. The predicted molar refractivity (Wildman–Crippen MR) is 84.2 cm³/mol. The minimum atomic E-state index is -0.484. The highest BCUT2D eigenvalue weighted by atomic mass is 19.1. The maximum absolute atomic E-state index is 14.6. The summed E-state index contributed by atoms with van der Waals surface area (Å²) in [6.07, 6.45) is 3.28. The van der Waals surface area contributed by atoms with Crippen LogP contribution in [0.4, 0.5) is 10.1 Å². The monoisotopic (exact) mass is 331 g/mol. The quantitative estimate of drug-likeness (QED) is 0.904. The molecule has 1 aromatic carbocycles. The molecule has 1 atom stereocenters. The number of hydrogen-bond donors (Lipinski definition) is 2. The molecule has 4 rings (SSSR count). The average Bonchev–Trinajstić information content (AvgIpc) is 3.28. The third-order valence-corrected chi connectivity index (χ3v) is 4.49. The SMILES string of the molecule is O=C(Nc1ccc2c(c1F)CCNC2)c1ncoc1C1CCCO1. The van der Waals surface area contributed by atoms with Crippen molar-refractivity contribution in [3.63, 3.8) is 0 Å². The smallest absolute Gasteiger partial charge is 0.278 e. The lowest BCUT2D eigenvalue weighted by atomic mass is 9.99. The molecule has 3 heterocycles. The fourth-order valence-corrected chi connectivity index (χ4v) is 3.25. The molecule has 1 saturated heterocycles. The van der Waals surface area contributed by atoms with Crippen LogP contribution in [0.5, 0.6) is 0 Å². The molecule has 2 N–H and O–H groups in total. The first-order valence-electron chi connectivity index (χ1n) is 8.11. The Kier molecular flexibility index (Phi) is 4.03. The van der Waals surface area contributed by atoms with Crippen molar-refractivity contribution < 1.29 is 18.3 Å². The number of nitrogens with zero attached hydrogens (tertiary/aromatic N) is 1. The van der Waals surface area contributed by atoms with Crippen molar-refractivity contribution in [1.29, 1.82) is 0 Å². The molecule has 6 nitrogen and oxygen atoms in total. The van der Waals surface area contributed by atoms with Gasteiger partial charge in [-0.25, -0.2) is 9.37 Å². The summed E-state index contributed by atoms with van der Waals surface area (Å²) in [5.41, 5.74) is 1.91. The third kappa shape index (κ3) is 2.70. The van der Waals surface area contributed by atoms with Crippen LogP contribution in [-0.2, 0) is 17.7 Å². The number of rotatable bonds is 3. The fourth-order valence-electron chi connectivity index (χ4n) is 3.25. The van der Waals surface area contributed by atoms with Crippen molar-refractivity contribution in [1.82, 2.24) is 10.3 Å². The van der Waals surface area contributed by atoms with Crippen molar-refractivity contribution in [2.45, 2.75) is 31.9 Å². The summed E-state index contributed by atoms with van der Waals surface area (Å²) in [5, 5.41) is 5.81. The van der Waals surface area contributed by atoms with E-state index < -0.39 is 5.91 Å². The highest BCUT2D eigenvalue weighted by molar-refractivity contribution is 6.03. The highest BCUT2D eigenvalue weighted by Crippen LogP contribution is 2.31. The molecule has 1 amide bonds. The Bertz CT molecular complexity index is 768. The zero-order valence-corrected chi connectivity index (χ0v) is 13.1. The zero-order chi connectivity index (χ0) is 16.5. The summed E-state index contributed by atoms with van der Waals surface area (Å²) in [6, 6.07) is 3.43. The summed E-state index contributed by atoms with van der Waals surface area (Å²) in [6.45, 7) is 2.01. The normalized spacial score (nSPS) is 20.0. The van der Waals surface area contributed by atoms with Gasteiger partial charge in [0.05, 0.1) is 5.69 Å². The standard InChI is InChI=1S/C17H18FN3O3/c18-14-11-5-6-19-8-10(11)3-4-12(14)21-17(22)15-16(24-9-20-15)13-2-1-7-23-13/h3-4,9,13,19H,1-2,5-8H2,(H,21,22). The minimum absolute atomic E-state index is 0.153. The van der Waals surface area contributed by atoms with E-state index in [9.17, 15) is 9.18 Å². The molecule has 24 heavy (non-hydrogen) atoms. The van der Waals surface area contributed by atoms with E-state index in [2.05, 4.69) is 15.6 Å². The molecule has 0 spiro atoms. The maximum Gasteiger partial charge on any atom is 0.278 e. The van der Waals surface area contributed by atoms with Gasteiger partial charge in [0.1, 0.15) is 11.9 Å². The van der Waals surface area contributed by atoms with Gasteiger partial charge >= 0.3 is 0 Å². The third-order valence-electron chi connectivity index (χ3n) is 4.49. The van der Waals surface area contributed by atoms with Gasteiger partial charge in [-0.05, 0) is 43.0 Å². The summed E-state index contributed by atoms with van der Waals surface area (Å²) in [4.78, 5) is 16.5. The van der Waals surface area contributed by atoms with E-state index in [0.29, 0.717) is 30.9 Å². The van der Waals surface area contributed by atoms with Crippen LogP contribution in [0.1, 0.15) is 46.3 Å². The van der Waals surface area contributed by atoms with Crippen LogP contribution in [0.2, 0.25) is 0 Å². The molecule has 7 heteroatoms. The van der Waals surface area contributed by atoms with Gasteiger partial charge in [-0.15, -0.1) is 0 Å². The molecule has 2 aromatic rings.